The second-order valence-corrected chi connectivity index (χ2v) is 7.10. The Bertz CT molecular complexity index is 281. The monoisotopic (exact) mass is 228 g/mol. The first-order valence-electron chi connectivity index (χ1n) is 5.67. The standard InChI is InChI=1S/C12H20O2S/c1-11(2)8(9(11)10(13)14)6-15-7-12(3)4-5-12/h8-9H,4-7H2,1-3H3,(H,13,14)/t8-,9-/m0/s1. The minimum absolute atomic E-state index is 0.0310. The van der Waals surface area contributed by atoms with Gasteiger partial charge < -0.3 is 5.11 Å². The fraction of sp³-hybridized carbons (Fsp3) is 0.917. The molecule has 2 atom stereocenters. The van der Waals surface area contributed by atoms with Crippen molar-refractivity contribution in [3.63, 3.8) is 0 Å². The molecule has 0 radical (unpaired) electrons. The predicted molar refractivity (Wildman–Crippen MR) is 63.1 cm³/mol. The van der Waals surface area contributed by atoms with Crippen LogP contribution in [0.3, 0.4) is 0 Å². The number of carboxylic acids is 1. The molecular weight excluding hydrogens is 208 g/mol. The van der Waals surface area contributed by atoms with E-state index in [1.807, 2.05) is 11.8 Å². The van der Waals surface area contributed by atoms with E-state index in [1.165, 1.54) is 18.6 Å². The summed E-state index contributed by atoms with van der Waals surface area (Å²) in [5.74, 6) is 1.92. The molecule has 86 valence electrons. The van der Waals surface area contributed by atoms with Crippen molar-refractivity contribution in [1.82, 2.24) is 0 Å². The number of carbonyl (C=O) groups is 1. The Morgan fingerprint density at radius 3 is 2.40 bits per heavy atom. The van der Waals surface area contributed by atoms with Crippen LogP contribution in [0.2, 0.25) is 0 Å². The van der Waals surface area contributed by atoms with Gasteiger partial charge >= 0.3 is 5.97 Å². The van der Waals surface area contributed by atoms with Gasteiger partial charge in [-0.1, -0.05) is 20.8 Å². The van der Waals surface area contributed by atoms with Crippen molar-refractivity contribution in [1.29, 1.82) is 0 Å². The minimum atomic E-state index is -0.608. The lowest BCUT2D eigenvalue weighted by Crippen LogP contribution is -2.03. The highest BCUT2D eigenvalue weighted by Gasteiger charge is 2.61. The smallest absolute Gasteiger partial charge is 0.307 e. The van der Waals surface area contributed by atoms with Crippen LogP contribution in [-0.2, 0) is 4.79 Å². The minimum Gasteiger partial charge on any atom is -0.481 e. The molecule has 1 N–H and O–H groups in total. The van der Waals surface area contributed by atoms with Crippen molar-refractivity contribution in [2.75, 3.05) is 11.5 Å². The van der Waals surface area contributed by atoms with Gasteiger partial charge in [0.15, 0.2) is 0 Å². The zero-order valence-electron chi connectivity index (χ0n) is 9.75. The second-order valence-electron chi connectivity index (χ2n) is 6.07. The maximum Gasteiger partial charge on any atom is 0.307 e. The van der Waals surface area contributed by atoms with Gasteiger partial charge in [-0.05, 0) is 41.1 Å². The molecule has 0 spiro atoms. The third-order valence-corrected chi connectivity index (χ3v) is 5.66. The molecule has 0 aromatic carbocycles. The van der Waals surface area contributed by atoms with Gasteiger partial charge in [0.25, 0.3) is 0 Å². The number of hydrogen-bond acceptors (Lipinski definition) is 2. The SMILES string of the molecule is CC1(CSC[C@H]2[C@@H](C(=O)O)C2(C)C)CC1. The van der Waals surface area contributed by atoms with Crippen LogP contribution in [0, 0.1) is 22.7 Å². The van der Waals surface area contributed by atoms with Gasteiger partial charge in [-0.2, -0.15) is 11.8 Å². The summed E-state index contributed by atoms with van der Waals surface area (Å²) < 4.78 is 0. The molecule has 2 aliphatic carbocycles. The molecule has 0 bridgehead atoms. The third kappa shape index (κ3) is 2.17. The second kappa shape index (κ2) is 3.41. The molecule has 3 heteroatoms. The van der Waals surface area contributed by atoms with Gasteiger partial charge in [0.05, 0.1) is 5.92 Å². The van der Waals surface area contributed by atoms with Crippen LogP contribution in [0.4, 0.5) is 0 Å². The highest BCUT2D eigenvalue weighted by atomic mass is 32.2. The fourth-order valence-electron chi connectivity index (χ4n) is 2.34. The van der Waals surface area contributed by atoms with Gasteiger partial charge in [-0.25, -0.2) is 0 Å². The van der Waals surface area contributed by atoms with Crippen molar-refractivity contribution >= 4 is 17.7 Å². The number of carboxylic acid groups (broad SMARTS) is 1. The molecule has 0 amide bonds. The molecule has 2 rings (SSSR count). The summed E-state index contributed by atoms with van der Waals surface area (Å²) in [5, 5.41) is 9.02. The average Bonchev–Trinajstić information content (AvgIpc) is 2.92. The van der Waals surface area contributed by atoms with Crippen molar-refractivity contribution in [2.24, 2.45) is 22.7 Å². The molecule has 2 nitrogen and oxygen atoms in total. The van der Waals surface area contributed by atoms with Gasteiger partial charge in [-0.15, -0.1) is 0 Å². The first-order valence-corrected chi connectivity index (χ1v) is 6.83. The van der Waals surface area contributed by atoms with E-state index in [2.05, 4.69) is 20.8 Å². The highest BCUT2D eigenvalue weighted by Crippen LogP contribution is 2.60. The summed E-state index contributed by atoms with van der Waals surface area (Å²) in [7, 11) is 0. The van der Waals surface area contributed by atoms with Crippen molar-refractivity contribution in [3.05, 3.63) is 0 Å². The first kappa shape index (κ1) is 11.3. The summed E-state index contributed by atoms with van der Waals surface area (Å²) in [6.07, 6.45) is 2.72. The Balaban J connectivity index is 1.74. The Hall–Kier alpha value is -0.180. The molecule has 2 fully saturated rings. The Labute approximate surface area is 95.8 Å². The van der Waals surface area contributed by atoms with Crippen LogP contribution < -0.4 is 0 Å². The molecule has 0 unspecified atom stereocenters. The molecule has 2 aliphatic rings. The molecular formula is C12H20O2S. The van der Waals surface area contributed by atoms with E-state index in [0.29, 0.717) is 11.3 Å². The van der Waals surface area contributed by atoms with Crippen LogP contribution in [-0.4, -0.2) is 22.6 Å². The Morgan fingerprint density at radius 2 is 2.00 bits per heavy atom. The van der Waals surface area contributed by atoms with Gasteiger partial charge in [0, 0.05) is 0 Å². The van der Waals surface area contributed by atoms with E-state index in [0.717, 1.165) is 5.75 Å². The van der Waals surface area contributed by atoms with E-state index in [9.17, 15) is 4.79 Å². The lowest BCUT2D eigenvalue weighted by molar-refractivity contribution is -0.139. The largest absolute Gasteiger partial charge is 0.481 e. The Kier molecular flexibility index (Phi) is 2.57. The quantitative estimate of drug-likeness (QED) is 0.786. The number of hydrogen-bond donors (Lipinski definition) is 1. The number of aliphatic carboxylic acids is 1. The zero-order chi connectivity index (χ0) is 11.3. The Morgan fingerprint density at radius 1 is 1.40 bits per heavy atom. The number of thioether (sulfide) groups is 1. The van der Waals surface area contributed by atoms with Crippen LogP contribution in [0.15, 0.2) is 0 Å². The highest BCUT2D eigenvalue weighted by molar-refractivity contribution is 7.99. The molecule has 0 aromatic rings. The predicted octanol–water partition coefficient (Wildman–Crippen LogP) is 2.88. The normalized spacial score (nSPS) is 34.9. The molecule has 15 heavy (non-hydrogen) atoms. The van der Waals surface area contributed by atoms with Crippen LogP contribution in [0.25, 0.3) is 0 Å². The summed E-state index contributed by atoms with van der Waals surface area (Å²) >= 11 is 1.95. The van der Waals surface area contributed by atoms with Gasteiger partial charge in [0.2, 0.25) is 0 Å². The topological polar surface area (TPSA) is 37.3 Å². The van der Waals surface area contributed by atoms with Crippen molar-refractivity contribution in [2.45, 2.75) is 33.6 Å². The van der Waals surface area contributed by atoms with Crippen molar-refractivity contribution in [3.8, 4) is 0 Å². The first-order chi connectivity index (χ1) is 6.87. The summed E-state index contributed by atoms with van der Waals surface area (Å²) in [6, 6.07) is 0. The third-order valence-electron chi connectivity index (χ3n) is 4.17. The van der Waals surface area contributed by atoms with E-state index in [1.54, 1.807) is 0 Å². The lowest BCUT2D eigenvalue weighted by Gasteiger charge is -2.07. The lowest BCUT2D eigenvalue weighted by atomic mass is 10.1. The van der Waals surface area contributed by atoms with E-state index < -0.39 is 5.97 Å². The summed E-state index contributed by atoms with van der Waals surface area (Å²) in [5.41, 5.74) is 0.617. The van der Waals surface area contributed by atoms with E-state index in [-0.39, 0.29) is 11.3 Å². The molecule has 0 aromatic heterocycles. The summed E-state index contributed by atoms with van der Waals surface area (Å²) in [6.45, 7) is 6.48. The molecule has 2 saturated carbocycles. The zero-order valence-corrected chi connectivity index (χ0v) is 10.6. The molecule has 0 saturated heterocycles. The molecule has 0 heterocycles. The molecule has 0 aliphatic heterocycles. The van der Waals surface area contributed by atoms with Crippen LogP contribution >= 0.6 is 11.8 Å². The van der Waals surface area contributed by atoms with Crippen molar-refractivity contribution < 1.29 is 9.90 Å². The summed E-state index contributed by atoms with van der Waals surface area (Å²) in [4.78, 5) is 11.0. The maximum absolute atomic E-state index is 11.0. The maximum atomic E-state index is 11.0. The fourth-order valence-corrected chi connectivity index (χ4v) is 4.11. The van der Waals surface area contributed by atoms with Gasteiger partial charge in [-0.3, -0.25) is 4.79 Å². The van der Waals surface area contributed by atoms with E-state index >= 15 is 0 Å². The number of rotatable bonds is 5. The average molecular weight is 228 g/mol. The van der Waals surface area contributed by atoms with Gasteiger partial charge in [0.1, 0.15) is 0 Å². The van der Waals surface area contributed by atoms with Crippen LogP contribution in [0.5, 0.6) is 0 Å². The van der Waals surface area contributed by atoms with Crippen LogP contribution in [0.1, 0.15) is 33.6 Å². The van der Waals surface area contributed by atoms with E-state index in [4.69, 9.17) is 5.11 Å².